The smallest absolute Gasteiger partial charge is 0.127 e. The zero-order valence-corrected chi connectivity index (χ0v) is 12.0. The molecular formula is C13H16Cl3F. The van der Waals surface area contributed by atoms with Crippen LogP contribution < -0.4 is 0 Å². The molecule has 1 aromatic carbocycles. The highest BCUT2D eigenvalue weighted by atomic mass is 35.5. The number of benzene rings is 1. The molecule has 1 aromatic rings. The normalized spacial score (nSPS) is 11.8. The standard InChI is InChI=1S/C13H16Cl3F/c1-2-6-13(8-14,9-15)7-10-11(16)4-3-5-12(10)17/h3-5H,2,6-9H2,1H3. The molecule has 0 amide bonds. The molecule has 0 radical (unpaired) electrons. The predicted molar refractivity (Wildman–Crippen MR) is 73.9 cm³/mol. The lowest BCUT2D eigenvalue weighted by Crippen LogP contribution is -2.28. The third-order valence-electron chi connectivity index (χ3n) is 2.96. The summed E-state index contributed by atoms with van der Waals surface area (Å²) in [6.07, 6.45) is 2.32. The van der Waals surface area contributed by atoms with Gasteiger partial charge in [0.2, 0.25) is 0 Å². The monoisotopic (exact) mass is 296 g/mol. The second kappa shape index (κ2) is 6.82. The SMILES string of the molecule is CCCC(CCl)(CCl)Cc1c(F)cccc1Cl. The van der Waals surface area contributed by atoms with Gasteiger partial charge < -0.3 is 0 Å². The largest absolute Gasteiger partial charge is 0.207 e. The minimum atomic E-state index is -0.284. The quantitative estimate of drug-likeness (QED) is 0.626. The molecule has 0 heterocycles. The molecule has 0 aliphatic rings. The third-order valence-corrected chi connectivity index (χ3v) is 4.45. The van der Waals surface area contributed by atoms with Crippen LogP contribution in [-0.4, -0.2) is 11.8 Å². The molecule has 0 unspecified atom stereocenters. The van der Waals surface area contributed by atoms with Crippen molar-refractivity contribution in [2.75, 3.05) is 11.8 Å². The minimum absolute atomic E-state index is 0.274. The van der Waals surface area contributed by atoms with Crippen molar-refractivity contribution in [3.05, 3.63) is 34.6 Å². The number of hydrogen-bond donors (Lipinski definition) is 0. The first-order valence-electron chi connectivity index (χ1n) is 5.63. The molecule has 0 saturated heterocycles. The second-order valence-electron chi connectivity index (χ2n) is 4.39. The van der Waals surface area contributed by atoms with E-state index in [4.69, 9.17) is 34.8 Å². The van der Waals surface area contributed by atoms with Crippen molar-refractivity contribution in [2.24, 2.45) is 5.41 Å². The van der Waals surface area contributed by atoms with Crippen molar-refractivity contribution in [1.82, 2.24) is 0 Å². The van der Waals surface area contributed by atoms with Gasteiger partial charge in [-0.05, 0) is 25.0 Å². The van der Waals surface area contributed by atoms with Crippen LogP contribution in [0.2, 0.25) is 5.02 Å². The van der Waals surface area contributed by atoms with Gasteiger partial charge in [-0.25, -0.2) is 4.39 Å². The van der Waals surface area contributed by atoms with Crippen LogP contribution in [0.25, 0.3) is 0 Å². The van der Waals surface area contributed by atoms with Crippen LogP contribution in [0.3, 0.4) is 0 Å². The van der Waals surface area contributed by atoms with E-state index in [0.29, 0.717) is 28.8 Å². The van der Waals surface area contributed by atoms with E-state index in [2.05, 4.69) is 6.92 Å². The van der Waals surface area contributed by atoms with Gasteiger partial charge in [0.25, 0.3) is 0 Å². The maximum absolute atomic E-state index is 13.7. The lowest BCUT2D eigenvalue weighted by molar-refractivity contribution is 0.336. The number of halogens is 4. The predicted octanol–water partition coefficient (Wildman–Crippen LogP) is 5.29. The van der Waals surface area contributed by atoms with E-state index < -0.39 is 0 Å². The molecule has 0 saturated carbocycles. The molecule has 1 rings (SSSR count). The molecule has 17 heavy (non-hydrogen) atoms. The highest BCUT2D eigenvalue weighted by Gasteiger charge is 2.29. The first kappa shape index (κ1) is 15.1. The molecule has 0 aliphatic carbocycles. The van der Waals surface area contributed by atoms with E-state index in [1.807, 2.05) is 0 Å². The van der Waals surface area contributed by atoms with Crippen LogP contribution >= 0.6 is 34.8 Å². The van der Waals surface area contributed by atoms with Crippen LogP contribution in [0.4, 0.5) is 4.39 Å². The van der Waals surface area contributed by atoms with E-state index in [0.717, 1.165) is 12.8 Å². The topological polar surface area (TPSA) is 0 Å². The molecule has 0 fully saturated rings. The summed E-state index contributed by atoms with van der Waals surface area (Å²) in [6, 6.07) is 4.71. The van der Waals surface area contributed by atoms with Crippen molar-refractivity contribution in [1.29, 1.82) is 0 Å². The van der Waals surface area contributed by atoms with Crippen LogP contribution in [0.5, 0.6) is 0 Å². The lowest BCUT2D eigenvalue weighted by atomic mass is 9.81. The third kappa shape index (κ3) is 3.74. The van der Waals surface area contributed by atoms with E-state index in [1.54, 1.807) is 12.1 Å². The molecule has 96 valence electrons. The maximum atomic E-state index is 13.7. The van der Waals surface area contributed by atoms with E-state index in [-0.39, 0.29) is 11.2 Å². The molecule has 0 N–H and O–H groups in total. The van der Waals surface area contributed by atoms with E-state index in [1.165, 1.54) is 6.07 Å². The van der Waals surface area contributed by atoms with Gasteiger partial charge in [-0.1, -0.05) is 31.0 Å². The Bertz CT molecular complexity index is 341. The molecule has 0 bridgehead atoms. The van der Waals surface area contributed by atoms with E-state index in [9.17, 15) is 4.39 Å². The Hall–Kier alpha value is 0.0200. The van der Waals surface area contributed by atoms with Gasteiger partial charge >= 0.3 is 0 Å². The van der Waals surface area contributed by atoms with E-state index >= 15 is 0 Å². The van der Waals surface area contributed by atoms with Crippen molar-refractivity contribution < 1.29 is 4.39 Å². The summed E-state index contributed by atoms with van der Waals surface area (Å²) in [5.74, 6) is 0.539. The Labute approximate surface area is 117 Å². The summed E-state index contributed by atoms with van der Waals surface area (Å²) in [7, 11) is 0. The lowest BCUT2D eigenvalue weighted by Gasteiger charge is -2.29. The van der Waals surface area contributed by atoms with Gasteiger partial charge in [0.1, 0.15) is 5.82 Å². The fraction of sp³-hybridized carbons (Fsp3) is 0.538. The Morgan fingerprint density at radius 3 is 2.35 bits per heavy atom. The zero-order chi connectivity index (χ0) is 12.9. The maximum Gasteiger partial charge on any atom is 0.127 e. The van der Waals surface area contributed by atoms with Gasteiger partial charge in [-0.15, -0.1) is 23.2 Å². The summed E-state index contributed by atoms with van der Waals surface area (Å²) in [6.45, 7) is 2.07. The van der Waals surface area contributed by atoms with Gasteiger partial charge in [0.05, 0.1) is 0 Å². The van der Waals surface area contributed by atoms with Gasteiger partial charge in [-0.2, -0.15) is 0 Å². The van der Waals surface area contributed by atoms with Gasteiger partial charge in [-0.3, -0.25) is 0 Å². The zero-order valence-electron chi connectivity index (χ0n) is 9.78. The van der Waals surface area contributed by atoms with Crippen LogP contribution in [0.15, 0.2) is 18.2 Å². The van der Waals surface area contributed by atoms with Gasteiger partial charge in [0, 0.05) is 27.8 Å². The first-order valence-corrected chi connectivity index (χ1v) is 7.08. The average molecular weight is 298 g/mol. The summed E-state index contributed by atoms with van der Waals surface area (Å²) in [4.78, 5) is 0. The Balaban J connectivity index is 3.01. The molecule has 0 spiro atoms. The second-order valence-corrected chi connectivity index (χ2v) is 5.34. The van der Waals surface area contributed by atoms with Crippen LogP contribution in [-0.2, 0) is 6.42 Å². The van der Waals surface area contributed by atoms with Crippen molar-refractivity contribution in [2.45, 2.75) is 26.2 Å². The van der Waals surface area contributed by atoms with Crippen molar-refractivity contribution >= 4 is 34.8 Å². The van der Waals surface area contributed by atoms with Crippen molar-refractivity contribution in [3.63, 3.8) is 0 Å². The number of alkyl halides is 2. The Morgan fingerprint density at radius 2 is 1.88 bits per heavy atom. The molecule has 0 aromatic heterocycles. The Kier molecular flexibility index (Phi) is 6.05. The summed E-state index contributed by atoms with van der Waals surface area (Å²) >= 11 is 18.0. The fourth-order valence-corrected chi connectivity index (χ4v) is 2.93. The summed E-state index contributed by atoms with van der Waals surface area (Å²) < 4.78 is 13.7. The molecule has 4 heteroatoms. The molecule has 0 nitrogen and oxygen atoms in total. The van der Waals surface area contributed by atoms with Crippen molar-refractivity contribution in [3.8, 4) is 0 Å². The van der Waals surface area contributed by atoms with Gasteiger partial charge in [0.15, 0.2) is 0 Å². The van der Waals surface area contributed by atoms with Crippen LogP contribution in [0, 0.1) is 11.2 Å². The molecule has 0 atom stereocenters. The highest BCUT2D eigenvalue weighted by molar-refractivity contribution is 6.31. The summed E-state index contributed by atoms with van der Waals surface area (Å²) in [5, 5.41) is 0.445. The number of hydrogen-bond acceptors (Lipinski definition) is 0. The minimum Gasteiger partial charge on any atom is -0.207 e. The highest BCUT2D eigenvalue weighted by Crippen LogP contribution is 2.35. The fourth-order valence-electron chi connectivity index (χ4n) is 1.96. The summed E-state index contributed by atoms with van der Waals surface area (Å²) in [5.41, 5.74) is 0.243. The number of rotatable bonds is 6. The molecule has 0 aliphatic heterocycles. The average Bonchev–Trinajstić information content (AvgIpc) is 2.33. The molecular weight excluding hydrogens is 281 g/mol. The first-order chi connectivity index (χ1) is 8.08. The Morgan fingerprint density at radius 1 is 1.24 bits per heavy atom. The van der Waals surface area contributed by atoms with Crippen LogP contribution in [0.1, 0.15) is 25.3 Å².